The molecule has 1 rings (SSSR count). The number of benzene rings is 1. The van der Waals surface area contributed by atoms with Gasteiger partial charge in [-0.25, -0.2) is 4.39 Å². The van der Waals surface area contributed by atoms with Crippen LogP contribution in [-0.2, 0) is 6.42 Å². The number of hydrogen-bond donors (Lipinski definition) is 1. The largest absolute Gasteiger partial charge is 0.314 e. The lowest BCUT2D eigenvalue weighted by atomic mass is 9.97. The van der Waals surface area contributed by atoms with Crippen LogP contribution in [0.15, 0.2) is 22.7 Å². The third kappa shape index (κ3) is 5.49. The average molecular weight is 316 g/mol. The molecule has 0 bridgehead atoms. The van der Waals surface area contributed by atoms with E-state index in [1.54, 1.807) is 6.07 Å². The van der Waals surface area contributed by atoms with Gasteiger partial charge < -0.3 is 5.32 Å². The number of halogens is 2. The monoisotopic (exact) mass is 315 g/mol. The maximum atomic E-state index is 13.7. The lowest BCUT2D eigenvalue weighted by molar-refractivity contribution is 0.429. The van der Waals surface area contributed by atoms with Crippen LogP contribution in [0.1, 0.15) is 39.2 Å². The fourth-order valence-electron chi connectivity index (χ4n) is 2.06. The highest BCUT2D eigenvalue weighted by molar-refractivity contribution is 9.10. The number of likely N-dealkylation sites (N-methyl/N-ethyl adjacent to an activating group) is 1. The van der Waals surface area contributed by atoms with E-state index >= 15 is 0 Å². The molecular weight excluding hydrogens is 293 g/mol. The van der Waals surface area contributed by atoms with Crippen LogP contribution in [-0.4, -0.2) is 12.6 Å². The van der Waals surface area contributed by atoms with Crippen LogP contribution in [0.3, 0.4) is 0 Å². The second kappa shape index (κ2) is 7.90. The Hall–Kier alpha value is -0.410. The average Bonchev–Trinajstić information content (AvgIpc) is 2.31. The van der Waals surface area contributed by atoms with Gasteiger partial charge in [-0.2, -0.15) is 0 Å². The van der Waals surface area contributed by atoms with E-state index in [1.165, 1.54) is 12.5 Å². The van der Waals surface area contributed by atoms with Crippen LogP contribution >= 0.6 is 15.9 Å². The molecular formula is C15H23BrFN. The molecule has 0 aliphatic heterocycles. The van der Waals surface area contributed by atoms with E-state index in [4.69, 9.17) is 0 Å². The van der Waals surface area contributed by atoms with Gasteiger partial charge in [0, 0.05) is 10.5 Å². The van der Waals surface area contributed by atoms with Crippen LogP contribution in [0.4, 0.5) is 4.39 Å². The molecule has 0 aliphatic carbocycles. The lowest BCUT2D eigenvalue weighted by Gasteiger charge is -2.19. The minimum absolute atomic E-state index is 0.106. The molecule has 1 aromatic carbocycles. The van der Waals surface area contributed by atoms with Gasteiger partial charge in [-0.1, -0.05) is 36.7 Å². The molecule has 0 amide bonds. The highest BCUT2D eigenvalue weighted by Crippen LogP contribution is 2.19. The summed E-state index contributed by atoms with van der Waals surface area (Å²) in [7, 11) is 0. The first kappa shape index (κ1) is 15.6. The summed E-state index contributed by atoms with van der Waals surface area (Å²) >= 11 is 3.40. The Kier molecular flexibility index (Phi) is 6.87. The first-order valence-corrected chi connectivity index (χ1v) is 7.49. The zero-order valence-electron chi connectivity index (χ0n) is 11.5. The molecule has 0 aliphatic rings. The van der Waals surface area contributed by atoms with Crippen LogP contribution < -0.4 is 5.32 Å². The number of rotatable bonds is 7. The molecule has 1 unspecified atom stereocenters. The molecule has 102 valence electrons. The van der Waals surface area contributed by atoms with Crippen molar-refractivity contribution >= 4 is 15.9 Å². The van der Waals surface area contributed by atoms with Crippen LogP contribution in [0, 0.1) is 11.7 Å². The summed E-state index contributed by atoms with van der Waals surface area (Å²) in [5, 5.41) is 3.45. The Bertz CT molecular complexity index is 366. The summed E-state index contributed by atoms with van der Waals surface area (Å²) in [6.45, 7) is 7.48. The highest BCUT2D eigenvalue weighted by atomic mass is 79.9. The van der Waals surface area contributed by atoms with E-state index in [1.807, 2.05) is 6.07 Å². The summed E-state index contributed by atoms with van der Waals surface area (Å²) in [4.78, 5) is 0. The van der Waals surface area contributed by atoms with E-state index in [0.717, 1.165) is 29.4 Å². The topological polar surface area (TPSA) is 12.0 Å². The Labute approximate surface area is 118 Å². The summed E-state index contributed by atoms with van der Waals surface area (Å²) in [6.07, 6.45) is 3.02. The third-order valence-corrected chi connectivity index (χ3v) is 3.55. The second-order valence-corrected chi connectivity index (χ2v) is 6.08. The molecule has 18 heavy (non-hydrogen) atoms. The molecule has 1 N–H and O–H groups in total. The Morgan fingerprint density at radius 3 is 2.61 bits per heavy atom. The van der Waals surface area contributed by atoms with E-state index in [-0.39, 0.29) is 5.82 Å². The van der Waals surface area contributed by atoms with Crippen molar-refractivity contribution in [3.05, 3.63) is 34.1 Å². The fraction of sp³-hybridized carbons (Fsp3) is 0.600. The molecule has 0 heterocycles. The molecule has 0 saturated heterocycles. The number of nitrogens with one attached hydrogen (secondary N) is 1. The van der Waals surface area contributed by atoms with Gasteiger partial charge in [0.05, 0.1) is 0 Å². The molecule has 1 atom stereocenters. The quantitative estimate of drug-likeness (QED) is 0.778. The van der Waals surface area contributed by atoms with Crippen LogP contribution in [0.2, 0.25) is 0 Å². The van der Waals surface area contributed by atoms with Gasteiger partial charge in [-0.05, 0) is 55.5 Å². The second-order valence-electron chi connectivity index (χ2n) is 5.17. The summed E-state index contributed by atoms with van der Waals surface area (Å²) < 4.78 is 14.7. The predicted octanol–water partition coefficient (Wildman–Crippen LogP) is 4.55. The first-order chi connectivity index (χ1) is 8.52. The molecule has 0 radical (unpaired) electrons. The summed E-state index contributed by atoms with van der Waals surface area (Å²) in [5.74, 6) is 0.587. The van der Waals surface area contributed by atoms with Crippen LogP contribution in [0.25, 0.3) is 0 Å². The summed E-state index contributed by atoms with van der Waals surface area (Å²) in [5.41, 5.74) is 0.791. The Morgan fingerprint density at radius 2 is 2.00 bits per heavy atom. The summed E-state index contributed by atoms with van der Waals surface area (Å²) in [6, 6.07) is 5.52. The smallest absolute Gasteiger partial charge is 0.126 e. The van der Waals surface area contributed by atoms with Crippen molar-refractivity contribution < 1.29 is 4.39 Å². The van der Waals surface area contributed by atoms with Crippen LogP contribution in [0.5, 0.6) is 0 Å². The van der Waals surface area contributed by atoms with Gasteiger partial charge in [0.15, 0.2) is 0 Å². The van der Waals surface area contributed by atoms with Gasteiger partial charge >= 0.3 is 0 Å². The maximum absolute atomic E-state index is 13.7. The first-order valence-electron chi connectivity index (χ1n) is 6.70. The van der Waals surface area contributed by atoms with E-state index < -0.39 is 0 Å². The molecule has 0 fully saturated rings. The lowest BCUT2D eigenvalue weighted by Crippen LogP contribution is -2.31. The van der Waals surface area contributed by atoms with Gasteiger partial charge in [-0.3, -0.25) is 0 Å². The predicted molar refractivity (Wildman–Crippen MR) is 79.3 cm³/mol. The number of hydrogen-bond acceptors (Lipinski definition) is 1. The Balaban J connectivity index is 2.66. The van der Waals surface area contributed by atoms with Crippen molar-refractivity contribution in [3.8, 4) is 0 Å². The molecule has 0 spiro atoms. The van der Waals surface area contributed by atoms with Crippen molar-refractivity contribution in [1.29, 1.82) is 0 Å². The van der Waals surface area contributed by atoms with Crippen molar-refractivity contribution in [1.82, 2.24) is 5.32 Å². The van der Waals surface area contributed by atoms with Crippen molar-refractivity contribution in [3.63, 3.8) is 0 Å². The standard InChI is InChI=1S/C15H23BrFN/c1-4-18-14(7-5-11(2)3)10-12-9-13(16)6-8-15(12)17/h6,8-9,11,14,18H,4-5,7,10H2,1-3H3. The maximum Gasteiger partial charge on any atom is 0.126 e. The molecule has 0 aromatic heterocycles. The SMILES string of the molecule is CCNC(CCC(C)C)Cc1cc(Br)ccc1F. The van der Waals surface area contributed by atoms with E-state index in [0.29, 0.717) is 12.0 Å². The van der Waals surface area contributed by atoms with Crippen molar-refractivity contribution in [2.45, 2.75) is 46.1 Å². The van der Waals surface area contributed by atoms with Crippen molar-refractivity contribution in [2.75, 3.05) is 6.54 Å². The normalized spacial score (nSPS) is 13.0. The Morgan fingerprint density at radius 1 is 1.28 bits per heavy atom. The van der Waals surface area contributed by atoms with Gasteiger partial charge in [-0.15, -0.1) is 0 Å². The fourth-order valence-corrected chi connectivity index (χ4v) is 2.47. The molecule has 1 aromatic rings. The minimum Gasteiger partial charge on any atom is -0.314 e. The minimum atomic E-state index is -0.106. The molecule has 3 heteroatoms. The molecule has 1 nitrogen and oxygen atoms in total. The third-order valence-electron chi connectivity index (χ3n) is 3.06. The van der Waals surface area contributed by atoms with Crippen molar-refractivity contribution in [2.24, 2.45) is 5.92 Å². The zero-order valence-corrected chi connectivity index (χ0v) is 13.1. The zero-order chi connectivity index (χ0) is 13.5. The highest BCUT2D eigenvalue weighted by Gasteiger charge is 2.12. The van der Waals surface area contributed by atoms with Gasteiger partial charge in [0.25, 0.3) is 0 Å². The molecule has 0 saturated carbocycles. The van der Waals surface area contributed by atoms with E-state index in [9.17, 15) is 4.39 Å². The van der Waals surface area contributed by atoms with E-state index in [2.05, 4.69) is 42.0 Å². The van der Waals surface area contributed by atoms with Gasteiger partial charge in [0.1, 0.15) is 5.82 Å². The van der Waals surface area contributed by atoms with Gasteiger partial charge in [0.2, 0.25) is 0 Å².